The topological polar surface area (TPSA) is 56.1 Å². The number of carbonyl (C=O) groups is 1. The summed E-state index contributed by atoms with van der Waals surface area (Å²) in [6, 6.07) is 8.30. The summed E-state index contributed by atoms with van der Waals surface area (Å²) in [6.07, 6.45) is 5.86. The molecule has 1 fully saturated rings. The minimum Gasteiger partial charge on any atom is -0.334 e. The Bertz CT molecular complexity index is 518. The Morgan fingerprint density at radius 3 is 2.59 bits per heavy atom. The van der Waals surface area contributed by atoms with Crippen LogP contribution in [-0.4, -0.2) is 23.5 Å². The predicted molar refractivity (Wildman–Crippen MR) is 82.4 cm³/mol. The highest BCUT2D eigenvalue weighted by atomic mass is 19.1. The molecule has 1 aliphatic rings. The average molecular weight is 303 g/mol. The van der Waals surface area contributed by atoms with E-state index in [1.54, 1.807) is 17.0 Å². The summed E-state index contributed by atoms with van der Waals surface area (Å²) >= 11 is 0. The Morgan fingerprint density at radius 1 is 1.27 bits per heavy atom. The van der Waals surface area contributed by atoms with Crippen LogP contribution in [0.2, 0.25) is 0 Å². The SMILES string of the molecule is N#CCCN(C(=O)NCc1ccc(F)cc1)C1CCCCC1. The summed E-state index contributed by atoms with van der Waals surface area (Å²) in [5, 5.41) is 11.7. The number of halogens is 1. The fraction of sp³-hybridized carbons (Fsp3) is 0.529. The zero-order valence-electron chi connectivity index (χ0n) is 12.7. The highest BCUT2D eigenvalue weighted by molar-refractivity contribution is 5.74. The van der Waals surface area contributed by atoms with Crippen LogP contribution in [0, 0.1) is 17.1 Å². The lowest BCUT2D eigenvalue weighted by Crippen LogP contribution is -2.47. The van der Waals surface area contributed by atoms with Gasteiger partial charge in [0.1, 0.15) is 5.82 Å². The summed E-state index contributed by atoms with van der Waals surface area (Å²) in [5.74, 6) is -0.284. The molecule has 0 spiro atoms. The normalized spacial score (nSPS) is 15.1. The highest BCUT2D eigenvalue weighted by Gasteiger charge is 2.24. The second-order valence-electron chi connectivity index (χ2n) is 5.68. The smallest absolute Gasteiger partial charge is 0.317 e. The van der Waals surface area contributed by atoms with E-state index in [2.05, 4.69) is 11.4 Å². The maximum Gasteiger partial charge on any atom is 0.317 e. The molecule has 1 saturated carbocycles. The molecule has 4 nitrogen and oxygen atoms in total. The molecule has 2 amide bonds. The number of nitrogens with one attached hydrogen (secondary N) is 1. The van der Waals surface area contributed by atoms with E-state index in [-0.39, 0.29) is 17.9 Å². The third kappa shape index (κ3) is 4.73. The molecule has 0 saturated heterocycles. The van der Waals surface area contributed by atoms with Crippen molar-refractivity contribution in [2.24, 2.45) is 0 Å². The Balaban J connectivity index is 1.92. The summed E-state index contributed by atoms with van der Waals surface area (Å²) in [4.78, 5) is 14.2. The van der Waals surface area contributed by atoms with Crippen LogP contribution in [0.4, 0.5) is 9.18 Å². The first-order valence-corrected chi connectivity index (χ1v) is 7.86. The first-order valence-electron chi connectivity index (χ1n) is 7.86. The minimum absolute atomic E-state index is 0.133. The van der Waals surface area contributed by atoms with Crippen LogP contribution in [-0.2, 0) is 6.54 Å². The molecular weight excluding hydrogens is 281 g/mol. The van der Waals surface area contributed by atoms with E-state index in [0.29, 0.717) is 19.5 Å². The van der Waals surface area contributed by atoms with Gasteiger partial charge in [0, 0.05) is 19.1 Å². The first-order chi connectivity index (χ1) is 10.7. The number of urea groups is 1. The maximum atomic E-state index is 12.9. The van der Waals surface area contributed by atoms with Crippen LogP contribution >= 0.6 is 0 Å². The van der Waals surface area contributed by atoms with Gasteiger partial charge in [0.2, 0.25) is 0 Å². The van der Waals surface area contributed by atoms with Crippen LogP contribution in [0.15, 0.2) is 24.3 Å². The highest BCUT2D eigenvalue weighted by Crippen LogP contribution is 2.22. The standard InChI is InChI=1S/C17H22FN3O/c18-15-9-7-14(8-10-15)13-20-17(22)21(12-4-11-19)16-5-2-1-3-6-16/h7-10,16H,1-6,12-13H2,(H,20,22). The van der Waals surface area contributed by atoms with Gasteiger partial charge in [-0.2, -0.15) is 5.26 Å². The molecule has 0 radical (unpaired) electrons. The fourth-order valence-electron chi connectivity index (χ4n) is 2.89. The largest absolute Gasteiger partial charge is 0.334 e. The maximum absolute atomic E-state index is 12.9. The van der Waals surface area contributed by atoms with Crippen molar-refractivity contribution in [3.8, 4) is 6.07 Å². The number of benzene rings is 1. The molecule has 1 aromatic rings. The van der Waals surface area contributed by atoms with Gasteiger partial charge >= 0.3 is 6.03 Å². The molecule has 0 atom stereocenters. The monoisotopic (exact) mass is 303 g/mol. The lowest BCUT2D eigenvalue weighted by molar-refractivity contribution is 0.157. The quantitative estimate of drug-likeness (QED) is 0.904. The van der Waals surface area contributed by atoms with Gasteiger partial charge in [0.15, 0.2) is 0 Å². The second kappa shape index (κ2) is 8.38. The average Bonchev–Trinajstić information content (AvgIpc) is 2.55. The first kappa shape index (κ1) is 16.3. The van der Waals surface area contributed by atoms with E-state index in [1.807, 2.05) is 0 Å². The van der Waals surface area contributed by atoms with Gasteiger partial charge in [-0.1, -0.05) is 31.4 Å². The Labute approximate surface area is 130 Å². The number of carbonyl (C=O) groups excluding carboxylic acids is 1. The van der Waals surface area contributed by atoms with Gasteiger partial charge in [-0.05, 0) is 30.5 Å². The van der Waals surface area contributed by atoms with Gasteiger partial charge in [-0.3, -0.25) is 0 Å². The van der Waals surface area contributed by atoms with E-state index in [0.717, 1.165) is 31.2 Å². The van der Waals surface area contributed by atoms with Crippen molar-refractivity contribution in [3.63, 3.8) is 0 Å². The van der Waals surface area contributed by atoms with Crippen LogP contribution in [0.1, 0.15) is 44.1 Å². The van der Waals surface area contributed by atoms with Crippen LogP contribution in [0.5, 0.6) is 0 Å². The molecular formula is C17H22FN3O. The van der Waals surface area contributed by atoms with Crippen molar-refractivity contribution in [3.05, 3.63) is 35.6 Å². The van der Waals surface area contributed by atoms with Crippen molar-refractivity contribution in [1.29, 1.82) is 5.26 Å². The molecule has 5 heteroatoms. The van der Waals surface area contributed by atoms with E-state index < -0.39 is 0 Å². The van der Waals surface area contributed by atoms with E-state index in [4.69, 9.17) is 5.26 Å². The van der Waals surface area contributed by atoms with Crippen molar-refractivity contribution < 1.29 is 9.18 Å². The van der Waals surface area contributed by atoms with Gasteiger partial charge in [0.25, 0.3) is 0 Å². The molecule has 1 N–H and O–H groups in total. The molecule has 0 heterocycles. The van der Waals surface area contributed by atoms with Crippen LogP contribution in [0.3, 0.4) is 0 Å². The minimum atomic E-state index is -0.284. The van der Waals surface area contributed by atoms with Gasteiger partial charge in [0.05, 0.1) is 12.5 Å². The molecule has 0 aromatic heterocycles. The Morgan fingerprint density at radius 2 is 1.95 bits per heavy atom. The zero-order chi connectivity index (χ0) is 15.8. The van der Waals surface area contributed by atoms with Gasteiger partial charge < -0.3 is 10.2 Å². The third-order valence-corrected chi connectivity index (χ3v) is 4.10. The number of nitrogens with zero attached hydrogens (tertiary/aromatic N) is 2. The summed E-state index contributed by atoms with van der Waals surface area (Å²) in [5.41, 5.74) is 0.860. The van der Waals surface area contributed by atoms with Crippen molar-refractivity contribution >= 4 is 6.03 Å². The number of hydrogen-bond acceptors (Lipinski definition) is 2. The van der Waals surface area contributed by atoms with Crippen molar-refractivity contribution in [2.75, 3.05) is 6.54 Å². The Kier molecular flexibility index (Phi) is 6.20. The Hall–Kier alpha value is -2.09. The number of nitriles is 1. The van der Waals surface area contributed by atoms with E-state index >= 15 is 0 Å². The van der Waals surface area contributed by atoms with E-state index in [9.17, 15) is 9.18 Å². The molecule has 0 unspecified atom stereocenters. The molecule has 0 aliphatic heterocycles. The predicted octanol–water partition coefficient (Wildman–Crippen LogP) is 3.58. The summed E-state index contributed by atoms with van der Waals surface area (Å²) < 4.78 is 12.9. The lowest BCUT2D eigenvalue weighted by atomic mass is 9.94. The van der Waals surface area contributed by atoms with Gasteiger partial charge in [-0.15, -0.1) is 0 Å². The molecule has 118 valence electrons. The number of rotatable bonds is 5. The van der Waals surface area contributed by atoms with Crippen LogP contribution < -0.4 is 5.32 Å². The number of amides is 2. The molecule has 2 rings (SSSR count). The summed E-state index contributed by atoms with van der Waals surface area (Å²) in [6.45, 7) is 0.839. The molecule has 1 aliphatic carbocycles. The van der Waals surface area contributed by atoms with E-state index in [1.165, 1.54) is 18.6 Å². The zero-order valence-corrected chi connectivity index (χ0v) is 12.7. The van der Waals surface area contributed by atoms with Crippen molar-refractivity contribution in [1.82, 2.24) is 10.2 Å². The van der Waals surface area contributed by atoms with Crippen molar-refractivity contribution in [2.45, 2.75) is 51.1 Å². The second-order valence-corrected chi connectivity index (χ2v) is 5.68. The molecule has 1 aromatic carbocycles. The van der Waals surface area contributed by atoms with Crippen LogP contribution in [0.25, 0.3) is 0 Å². The number of hydrogen-bond donors (Lipinski definition) is 1. The lowest BCUT2D eigenvalue weighted by Gasteiger charge is -2.34. The summed E-state index contributed by atoms with van der Waals surface area (Å²) in [7, 11) is 0. The van der Waals surface area contributed by atoms with Gasteiger partial charge in [-0.25, -0.2) is 9.18 Å². The molecule has 22 heavy (non-hydrogen) atoms. The third-order valence-electron chi connectivity index (χ3n) is 4.10. The molecule has 0 bridgehead atoms. The fourth-order valence-corrected chi connectivity index (χ4v) is 2.89.